The minimum atomic E-state index is 0.128. The van der Waals surface area contributed by atoms with E-state index < -0.39 is 0 Å². The Labute approximate surface area is 107 Å². The molecule has 1 fully saturated rings. The van der Waals surface area contributed by atoms with E-state index in [9.17, 15) is 5.11 Å². The molecule has 1 aliphatic carbocycles. The van der Waals surface area contributed by atoms with Crippen molar-refractivity contribution in [2.45, 2.75) is 58.6 Å². The number of rotatable bonds is 5. The van der Waals surface area contributed by atoms with Gasteiger partial charge in [0.15, 0.2) is 5.13 Å². The van der Waals surface area contributed by atoms with Crippen LogP contribution in [0.5, 0.6) is 0 Å². The number of nitrogens with zero attached hydrogens (tertiary/aromatic N) is 2. The molecule has 0 radical (unpaired) electrons. The van der Waals surface area contributed by atoms with Gasteiger partial charge in [-0.3, -0.25) is 0 Å². The molecule has 17 heavy (non-hydrogen) atoms. The molecule has 2 rings (SSSR count). The predicted molar refractivity (Wildman–Crippen MR) is 72.7 cm³/mol. The third-order valence-electron chi connectivity index (χ3n) is 3.60. The summed E-state index contributed by atoms with van der Waals surface area (Å²) >= 11 is 1.67. The fourth-order valence-electron chi connectivity index (χ4n) is 2.66. The van der Waals surface area contributed by atoms with Crippen LogP contribution in [0.1, 0.15) is 50.1 Å². The number of aliphatic hydroxyl groups is 1. The highest BCUT2D eigenvalue weighted by atomic mass is 32.1. The van der Waals surface area contributed by atoms with Gasteiger partial charge in [-0.25, -0.2) is 4.98 Å². The lowest BCUT2D eigenvalue weighted by molar-refractivity contribution is 0.284. The molecule has 1 aromatic heterocycles. The van der Waals surface area contributed by atoms with Gasteiger partial charge >= 0.3 is 0 Å². The molecule has 1 aromatic rings. The van der Waals surface area contributed by atoms with Crippen molar-refractivity contribution in [2.75, 3.05) is 11.4 Å². The molecular formula is C13H22N2OS. The summed E-state index contributed by atoms with van der Waals surface area (Å²) in [5.41, 5.74) is 1.07. The molecule has 0 unspecified atom stereocenters. The molecule has 1 saturated carbocycles. The molecule has 1 N–H and O–H groups in total. The maximum atomic E-state index is 9.33. The molecule has 96 valence electrons. The lowest BCUT2D eigenvalue weighted by atomic mass is 10.2. The Hall–Kier alpha value is -0.610. The first-order chi connectivity index (χ1) is 8.30. The molecule has 0 saturated heterocycles. The van der Waals surface area contributed by atoms with E-state index >= 15 is 0 Å². The zero-order chi connectivity index (χ0) is 12.3. The average molecular weight is 254 g/mol. The Morgan fingerprint density at radius 3 is 2.53 bits per heavy atom. The fourth-order valence-corrected chi connectivity index (χ4v) is 3.80. The molecule has 0 aliphatic heterocycles. The number of aromatic nitrogens is 1. The monoisotopic (exact) mass is 254 g/mol. The summed E-state index contributed by atoms with van der Waals surface area (Å²) in [7, 11) is 0. The summed E-state index contributed by atoms with van der Waals surface area (Å²) in [6, 6.07) is 0.669. The highest BCUT2D eigenvalue weighted by Crippen LogP contribution is 2.32. The van der Waals surface area contributed by atoms with E-state index in [0.29, 0.717) is 6.04 Å². The number of thiazole rings is 1. The maximum Gasteiger partial charge on any atom is 0.186 e. The van der Waals surface area contributed by atoms with E-state index in [2.05, 4.69) is 18.7 Å². The van der Waals surface area contributed by atoms with Gasteiger partial charge in [0.1, 0.15) is 0 Å². The SMILES string of the molecule is CCc1nc(N(CC)C2CCCC2)sc1CO. The Morgan fingerprint density at radius 2 is 2.06 bits per heavy atom. The minimum Gasteiger partial charge on any atom is -0.391 e. The van der Waals surface area contributed by atoms with Crippen molar-refractivity contribution in [3.05, 3.63) is 10.6 Å². The van der Waals surface area contributed by atoms with Crippen LogP contribution < -0.4 is 4.90 Å². The highest BCUT2D eigenvalue weighted by molar-refractivity contribution is 7.15. The number of anilines is 1. The van der Waals surface area contributed by atoms with Gasteiger partial charge in [0, 0.05) is 12.6 Å². The highest BCUT2D eigenvalue weighted by Gasteiger charge is 2.24. The summed E-state index contributed by atoms with van der Waals surface area (Å²) < 4.78 is 0. The van der Waals surface area contributed by atoms with Gasteiger partial charge in [0.2, 0.25) is 0 Å². The quantitative estimate of drug-likeness (QED) is 0.877. The maximum absolute atomic E-state index is 9.33. The summed E-state index contributed by atoms with van der Waals surface area (Å²) in [4.78, 5) is 8.17. The second-order valence-corrected chi connectivity index (χ2v) is 5.66. The standard InChI is InChI=1S/C13H22N2OS/c1-3-11-12(9-16)17-13(14-11)15(4-2)10-7-5-6-8-10/h10,16H,3-9H2,1-2H3. The summed E-state index contributed by atoms with van der Waals surface area (Å²) in [6.07, 6.45) is 6.20. The Balaban J connectivity index is 2.20. The largest absolute Gasteiger partial charge is 0.391 e. The second kappa shape index (κ2) is 5.83. The van der Waals surface area contributed by atoms with E-state index in [-0.39, 0.29) is 6.61 Å². The average Bonchev–Trinajstić information content (AvgIpc) is 2.99. The lowest BCUT2D eigenvalue weighted by Gasteiger charge is -2.26. The number of hydrogen-bond donors (Lipinski definition) is 1. The van der Waals surface area contributed by atoms with Gasteiger partial charge in [-0.2, -0.15) is 0 Å². The molecular weight excluding hydrogens is 232 g/mol. The van der Waals surface area contributed by atoms with Crippen LogP contribution in [0.25, 0.3) is 0 Å². The van der Waals surface area contributed by atoms with E-state index in [4.69, 9.17) is 4.98 Å². The van der Waals surface area contributed by atoms with Crippen molar-refractivity contribution in [1.82, 2.24) is 4.98 Å². The predicted octanol–water partition coefficient (Wildman–Crippen LogP) is 2.97. The summed E-state index contributed by atoms with van der Waals surface area (Å²) in [5, 5.41) is 10.4. The van der Waals surface area contributed by atoms with Crippen molar-refractivity contribution in [3.63, 3.8) is 0 Å². The molecule has 1 aliphatic rings. The van der Waals surface area contributed by atoms with Crippen LogP contribution in [-0.2, 0) is 13.0 Å². The van der Waals surface area contributed by atoms with E-state index in [1.807, 2.05) is 0 Å². The first kappa shape index (κ1) is 12.8. The van der Waals surface area contributed by atoms with Crippen LogP contribution in [0.2, 0.25) is 0 Å². The molecule has 4 heteroatoms. The van der Waals surface area contributed by atoms with Crippen LogP contribution in [0.15, 0.2) is 0 Å². The third kappa shape index (κ3) is 2.63. The first-order valence-corrected chi connectivity index (χ1v) is 7.47. The van der Waals surface area contributed by atoms with Crippen LogP contribution >= 0.6 is 11.3 Å². The van der Waals surface area contributed by atoms with Crippen molar-refractivity contribution < 1.29 is 5.11 Å². The van der Waals surface area contributed by atoms with Gasteiger partial charge in [-0.05, 0) is 26.2 Å². The Morgan fingerprint density at radius 1 is 1.35 bits per heavy atom. The smallest absolute Gasteiger partial charge is 0.186 e. The van der Waals surface area contributed by atoms with Crippen molar-refractivity contribution in [3.8, 4) is 0 Å². The number of aryl methyl sites for hydroxylation is 1. The topological polar surface area (TPSA) is 36.4 Å². The molecule has 1 heterocycles. The summed E-state index contributed by atoms with van der Waals surface area (Å²) in [6.45, 7) is 5.45. The minimum absolute atomic E-state index is 0.128. The first-order valence-electron chi connectivity index (χ1n) is 6.66. The molecule has 0 amide bonds. The second-order valence-electron chi connectivity index (χ2n) is 4.60. The van der Waals surface area contributed by atoms with Gasteiger partial charge in [0.05, 0.1) is 17.2 Å². The van der Waals surface area contributed by atoms with Gasteiger partial charge in [-0.15, -0.1) is 0 Å². The van der Waals surface area contributed by atoms with E-state index in [1.54, 1.807) is 11.3 Å². The van der Waals surface area contributed by atoms with Gasteiger partial charge < -0.3 is 10.0 Å². The number of aliphatic hydroxyl groups excluding tert-OH is 1. The Bertz CT molecular complexity index is 337. The molecule has 0 atom stereocenters. The Kier molecular flexibility index (Phi) is 4.40. The molecule has 0 spiro atoms. The van der Waals surface area contributed by atoms with Crippen molar-refractivity contribution in [1.29, 1.82) is 0 Å². The van der Waals surface area contributed by atoms with E-state index in [1.165, 1.54) is 25.7 Å². The van der Waals surface area contributed by atoms with Crippen LogP contribution in [0.4, 0.5) is 5.13 Å². The van der Waals surface area contributed by atoms with Crippen molar-refractivity contribution >= 4 is 16.5 Å². The zero-order valence-electron chi connectivity index (χ0n) is 10.8. The molecule has 3 nitrogen and oxygen atoms in total. The summed E-state index contributed by atoms with van der Waals surface area (Å²) in [5.74, 6) is 0. The lowest BCUT2D eigenvalue weighted by Crippen LogP contribution is -2.32. The molecule has 0 bridgehead atoms. The molecule has 0 aromatic carbocycles. The van der Waals surface area contributed by atoms with Crippen LogP contribution in [0, 0.1) is 0 Å². The van der Waals surface area contributed by atoms with Crippen LogP contribution in [-0.4, -0.2) is 22.7 Å². The van der Waals surface area contributed by atoms with Crippen molar-refractivity contribution in [2.24, 2.45) is 0 Å². The van der Waals surface area contributed by atoms with Gasteiger partial charge in [-0.1, -0.05) is 31.1 Å². The van der Waals surface area contributed by atoms with Crippen LogP contribution in [0.3, 0.4) is 0 Å². The third-order valence-corrected chi connectivity index (χ3v) is 4.72. The van der Waals surface area contributed by atoms with Gasteiger partial charge in [0.25, 0.3) is 0 Å². The number of hydrogen-bond acceptors (Lipinski definition) is 4. The fraction of sp³-hybridized carbons (Fsp3) is 0.769. The zero-order valence-corrected chi connectivity index (χ0v) is 11.6. The van der Waals surface area contributed by atoms with E-state index in [0.717, 1.165) is 28.7 Å². The normalized spacial score (nSPS) is 16.6.